The second-order valence-electron chi connectivity index (χ2n) is 3.63. The van der Waals surface area contributed by atoms with Crippen molar-refractivity contribution in [3.8, 4) is 17.6 Å². The summed E-state index contributed by atoms with van der Waals surface area (Å²) in [7, 11) is 1.59. The topological polar surface area (TPSA) is 62.5 Å². The van der Waals surface area contributed by atoms with Crippen molar-refractivity contribution in [3.05, 3.63) is 23.8 Å². The lowest BCUT2D eigenvalue weighted by Crippen LogP contribution is -2.07. The third-order valence-corrected chi connectivity index (χ3v) is 2.41. The van der Waals surface area contributed by atoms with Crippen LogP contribution in [0.1, 0.15) is 12.5 Å². The summed E-state index contributed by atoms with van der Waals surface area (Å²) in [6, 6.07) is 7.60. The van der Waals surface area contributed by atoms with E-state index in [-0.39, 0.29) is 12.5 Å². The zero-order valence-corrected chi connectivity index (χ0v) is 10.1. The molecule has 0 bridgehead atoms. The normalized spacial score (nSPS) is 11.6. The number of nitriles is 1. The second kappa shape index (κ2) is 6.77. The van der Waals surface area contributed by atoms with Gasteiger partial charge in [0.15, 0.2) is 11.5 Å². The molecule has 1 aromatic carbocycles. The van der Waals surface area contributed by atoms with Crippen molar-refractivity contribution in [3.63, 3.8) is 0 Å². The SMILES string of the molecule is CCOc1cc(CC(C#N)CO)ccc1OC. The highest BCUT2D eigenvalue weighted by Crippen LogP contribution is 2.28. The van der Waals surface area contributed by atoms with Gasteiger partial charge in [0.1, 0.15) is 0 Å². The Kier molecular flexibility index (Phi) is 5.31. The molecular weight excluding hydrogens is 218 g/mol. The van der Waals surface area contributed by atoms with E-state index in [2.05, 4.69) is 6.07 Å². The van der Waals surface area contributed by atoms with Crippen LogP contribution in [0.25, 0.3) is 0 Å². The summed E-state index contributed by atoms with van der Waals surface area (Å²) in [5, 5.41) is 17.8. The standard InChI is InChI=1S/C13H17NO3/c1-3-17-13-7-10(4-5-12(13)16-2)6-11(8-14)9-15/h4-5,7,11,15H,3,6,9H2,1-2H3. The van der Waals surface area contributed by atoms with E-state index < -0.39 is 0 Å². The van der Waals surface area contributed by atoms with Crippen molar-refractivity contribution in [1.82, 2.24) is 0 Å². The summed E-state index contributed by atoms with van der Waals surface area (Å²) in [6.07, 6.45) is 0.511. The minimum absolute atomic E-state index is 0.132. The maximum absolute atomic E-state index is 8.98. The van der Waals surface area contributed by atoms with Crippen LogP contribution in [-0.4, -0.2) is 25.4 Å². The molecule has 4 heteroatoms. The Labute approximate surface area is 101 Å². The number of aliphatic hydroxyl groups is 1. The number of methoxy groups -OCH3 is 1. The summed E-state index contributed by atoms with van der Waals surface area (Å²) in [4.78, 5) is 0. The molecule has 1 rings (SSSR count). The number of hydrogen-bond donors (Lipinski definition) is 1. The molecule has 1 N–H and O–H groups in total. The van der Waals surface area contributed by atoms with Crippen LogP contribution in [0.5, 0.6) is 11.5 Å². The van der Waals surface area contributed by atoms with Crippen molar-refractivity contribution >= 4 is 0 Å². The van der Waals surface area contributed by atoms with Gasteiger partial charge in [0, 0.05) is 0 Å². The third-order valence-electron chi connectivity index (χ3n) is 2.41. The smallest absolute Gasteiger partial charge is 0.161 e. The van der Waals surface area contributed by atoms with Crippen molar-refractivity contribution in [1.29, 1.82) is 5.26 Å². The van der Waals surface area contributed by atoms with Crippen molar-refractivity contribution in [2.24, 2.45) is 5.92 Å². The number of nitrogens with zero attached hydrogens (tertiary/aromatic N) is 1. The van der Waals surface area contributed by atoms with Gasteiger partial charge in [0.2, 0.25) is 0 Å². The highest BCUT2D eigenvalue weighted by Gasteiger charge is 2.10. The molecule has 0 heterocycles. The number of aliphatic hydroxyl groups excluding tert-OH is 1. The molecule has 0 amide bonds. The Morgan fingerprint density at radius 1 is 1.41 bits per heavy atom. The fraction of sp³-hybridized carbons (Fsp3) is 0.462. The first kappa shape index (κ1) is 13.3. The number of ether oxygens (including phenoxy) is 2. The first-order chi connectivity index (χ1) is 8.24. The van der Waals surface area contributed by atoms with Crippen LogP contribution in [-0.2, 0) is 6.42 Å². The molecule has 0 spiro atoms. The molecule has 0 fully saturated rings. The lowest BCUT2D eigenvalue weighted by molar-refractivity contribution is 0.255. The van der Waals surface area contributed by atoms with Crippen molar-refractivity contribution in [2.75, 3.05) is 20.3 Å². The van der Waals surface area contributed by atoms with Gasteiger partial charge in [0.25, 0.3) is 0 Å². The predicted molar refractivity (Wildman–Crippen MR) is 64.1 cm³/mol. The molecule has 1 atom stereocenters. The molecule has 0 aliphatic carbocycles. The molecule has 1 unspecified atom stereocenters. The summed E-state index contributed by atoms with van der Waals surface area (Å²) in [5.74, 6) is 0.966. The van der Waals surface area contributed by atoms with Crippen LogP contribution < -0.4 is 9.47 Å². The van der Waals surface area contributed by atoms with Crippen molar-refractivity contribution in [2.45, 2.75) is 13.3 Å². The molecule has 92 valence electrons. The molecule has 0 saturated heterocycles. The van der Waals surface area contributed by atoms with Crippen LogP contribution >= 0.6 is 0 Å². The zero-order valence-electron chi connectivity index (χ0n) is 10.1. The van der Waals surface area contributed by atoms with Gasteiger partial charge in [0.05, 0.1) is 32.3 Å². The molecule has 17 heavy (non-hydrogen) atoms. The van der Waals surface area contributed by atoms with Gasteiger partial charge in [-0.2, -0.15) is 5.26 Å². The largest absolute Gasteiger partial charge is 0.493 e. The minimum atomic E-state index is -0.377. The summed E-state index contributed by atoms with van der Waals surface area (Å²) >= 11 is 0. The number of rotatable bonds is 6. The molecule has 0 aromatic heterocycles. The minimum Gasteiger partial charge on any atom is -0.493 e. The number of benzene rings is 1. The van der Waals surface area contributed by atoms with E-state index in [4.69, 9.17) is 19.8 Å². The molecular formula is C13H17NO3. The Morgan fingerprint density at radius 3 is 2.71 bits per heavy atom. The van der Waals surface area contributed by atoms with E-state index in [1.807, 2.05) is 25.1 Å². The van der Waals surface area contributed by atoms with Gasteiger partial charge < -0.3 is 14.6 Å². The van der Waals surface area contributed by atoms with Gasteiger partial charge in [-0.05, 0) is 31.0 Å². The van der Waals surface area contributed by atoms with Gasteiger partial charge in [-0.1, -0.05) is 6.07 Å². The number of hydrogen-bond acceptors (Lipinski definition) is 4. The quantitative estimate of drug-likeness (QED) is 0.816. The average molecular weight is 235 g/mol. The fourth-order valence-corrected chi connectivity index (χ4v) is 1.55. The van der Waals surface area contributed by atoms with E-state index in [1.54, 1.807) is 7.11 Å². The molecule has 0 saturated carbocycles. The van der Waals surface area contributed by atoms with Gasteiger partial charge in [-0.3, -0.25) is 0 Å². The fourth-order valence-electron chi connectivity index (χ4n) is 1.55. The van der Waals surface area contributed by atoms with Gasteiger partial charge in [-0.15, -0.1) is 0 Å². The summed E-state index contributed by atoms with van der Waals surface area (Å²) in [6.45, 7) is 2.33. The maximum Gasteiger partial charge on any atom is 0.161 e. The van der Waals surface area contributed by atoms with Crippen LogP contribution in [0.2, 0.25) is 0 Å². The van der Waals surface area contributed by atoms with E-state index in [1.165, 1.54) is 0 Å². The Bertz CT molecular complexity index is 398. The van der Waals surface area contributed by atoms with E-state index in [9.17, 15) is 0 Å². The van der Waals surface area contributed by atoms with Crippen LogP contribution in [0.3, 0.4) is 0 Å². The summed E-state index contributed by atoms with van der Waals surface area (Å²) < 4.78 is 10.6. The Hall–Kier alpha value is -1.73. The molecule has 1 aromatic rings. The van der Waals surface area contributed by atoms with E-state index in [0.29, 0.717) is 24.5 Å². The first-order valence-electron chi connectivity index (χ1n) is 5.55. The highest BCUT2D eigenvalue weighted by molar-refractivity contribution is 5.43. The maximum atomic E-state index is 8.98. The van der Waals surface area contributed by atoms with Crippen LogP contribution in [0, 0.1) is 17.2 Å². The Balaban J connectivity index is 2.88. The predicted octanol–water partition coefficient (Wildman–Crippen LogP) is 1.77. The average Bonchev–Trinajstić information content (AvgIpc) is 2.36. The molecule has 0 aliphatic rings. The van der Waals surface area contributed by atoms with Gasteiger partial charge in [-0.25, -0.2) is 0 Å². The zero-order chi connectivity index (χ0) is 12.7. The first-order valence-corrected chi connectivity index (χ1v) is 5.55. The van der Waals surface area contributed by atoms with Crippen molar-refractivity contribution < 1.29 is 14.6 Å². The van der Waals surface area contributed by atoms with Crippen LogP contribution in [0.15, 0.2) is 18.2 Å². The second-order valence-corrected chi connectivity index (χ2v) is 3.63. The highest BCUT2D eigenvalue weighted by atomic mass is 16.5. The molecule has 0 radical (unpaired) electrons. The van der Waals surface area contributed by atoms with E-state index >= 15 is 0 Å². The van der Waals surface area contributed by atoms with Crippen LogP contribution in [0.4, 0.5) is 0 Å². The monoisotopic (exact) mass is 235 g/mol. The summed E-state index contributed by atoms with van der Waals surface area (Å²) in [5.41, 5.74) is 0.954. The van der Waals surface area contributed by atoms with E-state index in [0.717, 1.165) is 5.56 Å². The molecule has 0 aliphatic heterocycles. The van der Waals surface area contributed by atoms with Gasteiger partial charge >= 0.3 is 0 Å². The third kappa shape index (κ3) is 3.65. The lowest BCUT2D eigenvalue weighted by Gasteiger charge is -2.12. The Morgan fingerprint density at radius 2 is 2.18 bits per heavy atom. The molecule has 4 nitrogen and oxygen atoms in total. The lowest BCUT2D eigenvalue weighted by atomic mass is 10.0.